The highest BCUT2D eigenvalue weighted by Crippen LogP contribution is 2.15. The molecule has 0 saturated heterocycles. The molecule has 7 heteroatoms. The molecule has 0 radical (unpaired) electrons. The monoisotopic (exact) mass is 305 g/mol. The Labute approximate surface area is 125 Å². The molecule has 0 aliphatic rings. The van der Waals surface area contributed by atoms with Crippen LogP contribution in [-0.2, 0) is 16.1 Å². The molecule has 0 unspecified atom stereocenters. The van der Waals surface area contributed by atoms with Gasteiger partial charge < -0.3 is 15.8 Å². The van der Waals surface area contributed by atoms with Gasteiger partial charge in [0.1, 0.15) is 16.7 Å². The lowest BCUT2D eigenvalue weighted by atomic mass is 10.1. The van der Waals surface area contributed by atoms with E-state index in [2.05, 4.69) is 10.3 Å². The lowest BCUT2D eigenvalue weighted by Crippen LogP contribution is -2.37. The van der Waals surface area contributed by atoms with Crippen molar-refractivity contribution in [3.05, 3.63) is 52.0 Å². The van der Waals surface area contributed by atoms with Crippen LogP contribution in [0.25, 0.3) is 0 Å². The van der Waals surface area contributed by atoms with Gasteiger partial charge in [-0.2, -0.15) is 0 Å². The van der Waals surface area contributed by atoms with Gasteiger partial charge in [-0.05, 0) is 5.56 Å². The van der Waals surface area contributed by atoms with Crippen molar-refractivity contribution in [1.82, 2.24) is 10.3 Å². The second-order valence-corrected chi connectivity index (χ2v) is 5.22. The number of primary amides is 1. The van der Waals surface area contributed by atoms with E-state index in [0.717, 1.165) is 0 Å². The molecule has 0 fully saturated rings. The summed E-state index contributed by atoms with van der Waals surface area (Å²) in [5.41, 5.74) is 6.23. The Balaban J connectivity index is 2.13. The first-order valence-corrected chi connectivity index (χ1v) is 7.08. The standard InChI is InChI=1S/C14H15N3O3S/c1-20-7-11-16-10(8-21-11)14(19)17-12(13(15)18)9-5-3-2-4-6-9/h2-6,8,12H,7H2,1H3,(H2,15,18)(H,17,19)/t12-/m1/s1. The molecular formula is C14H15N3O3S. The third kappa shape index (κ3) is 3.87. The van der Waals surface area contributed by atoms with Crippen LogP contribution in [-0.4, -0.2) is 23.9 Å². The largest absolute Gasteiger partial charge is 0.378 e. The quantitative estimate of drug-likeness (QED) is 0.839. The number of methoxy groups -OCH3 is 1. The number of carbonyl (C=O) groups excluding carboxylic acids is 2. The number of nitrogens with one attached hydrogen (secondary N) is 1. The van der Waals surface area contributed by atoms with Gasteiger partial charge in [-0.1, -0.05) is 30.3 Å². The smallest absolute Gasteiger partial charge is 0.271 e. The van der Waals surface area contributed by atoms with E-state index in [1.807, 2.05) is 6.07 Å². The van der Waals surface area contributed by atoms with Gasteiger partial charge in [0.05, 0.1) is 6.61 Å². The van der Waals surface area contributed by atoms with Gasteiger partial charge in [-0.25, -0.2) is 4.98 Å². The number of hydrogen-bond acceptors (Lipinski definition) is 5. The first-order chi connectivity index (χ1) is 10.1. The van der Waals surface area contributed by atoms with Crippen LogP contribution in [0.4, 0.5) is 0 Å². The second-order valence-electron chi connectivity index (χ2n) is 4.28. The van der Waals surface area contributed by atoms with Crippen molar-refractivity contribution in [3.8, 4) is 0 Å². The maximum Gasteiger partial charge on any atom is 0.271 e. The number of nitrogens with two attached hydrogens (primary N) is 1. The molecule has 0 aliphatic heterocycles. The summed E-state index contributed by atoms with van der Waals surface area (Å²) >= 11 is 1.32. The van der Waals surface area contributed by atoms with E-state index in [1.54, 1.807) is 36.8 Å². The van der Waals surface area contributed by atoms with Gasteiger partial charge in [0.2, 0.25) is 5.91 Å². The molecule has 21 heavy (non-hydrogen) atoms. The summed E-state index contributed by atoms with van der Waals surface area (Å²) in [4.78, 5) is 27.8. The van der Waals surface area contributed by atoms with E-state index in [0.29, 0.717) is 17.2 Å². The number of amides is 2. The summed E-state index contributed by atoms with van der Waals surface area (Å²) in [5, 5.41) is 4.90. The number of thiazole rings is 1. The fraction of sp³-hybridized carbons (Fsp3) is 0.214. The maximum atomic E-state index is 12.1. The molecule has 2 rings (SSSR count). The third-order valence-electron chi connectivity index (χ3n) is 2.75. The highest BCUT2D eigenvalue weighted by Gasteiger charge is 2.22. The van der Waals surface area contributed by atoms with Crippen LogP contribution in [0.15, 0.2) is 35.7 Å². The van der Waals surface area contributed by atoms with Crippen molar-refractivity contribution in [1.29, 1.82) is 0 Å². The Morgan fingerprint density at radius 1 is 1.38 bits per heavy atom. The molecule has 0 spiro atoms. The Morgan fingerprint density at radius 3 is 2.71 bits per heavy atom. The number of carbonyl (C=O) groups is 2. The number of benzene rings is 1. The van der Waals surface area contributed by atoms with Gasteiger partial charge in [-0.15, -0.1) is 11.3 Å². The first-order valence-electron chi connectivity index (χ1n) is 6.20. The zero-order valence-electron chi connectivity index (χ0n) is 11.4. The molecule has 1 atom stereocenters. The van der Waals surface area contributed by atoms with Crippen LogP contribution in [0.1, 0.15) is 27.1 Å². The number of rotatable bonds is 6. The SMILES string of the molecule is COCc1nc(C(=O)N[C@@H](C(N)=O)c2ccccc2)cs1. The third-order valence-corrected chi connectivity index (χ3v) is 3.57. The molecule has 1 aromatic heterocycles. The van der Waals surface area contributed by atoms with Crippen molar-refractivity contribution >= 4 is 23.2 Å². The normalized spacial score (nSPS) is 11.9. The van der Waals surface area contributed by atoms with Crippen molar-refractivity contribution in [2.45, 2.75) is 12.6 Å². The van der Waals surface area contributed by atoms with E-state index < -0.39 is 17.9 Å². The summed E-state index contributed by atoms with van der Waals surface area (Å²) < 4.78 is 4.95. The molecular weight excluding hydrogens is 290 g/mol. The highest BCUT2D eigenvalue weighted by molar-refractivity contribution is 7.09. The van der Waals surface area contributed by atoms with Crippen molar-refractivity contribution in [2.75, 3.05) is 7.11 Å². The number of ether oxygens (including phenoxy) is 1. The van der Waals surface area contributed by atoms with E-state index in [-0.39, 0.29) is 5.69 Å². The molecule has 0 aliphatic carbocycles. The molecule has 3 N–H and O–H groups in total. The van der Waals surface area contributed by atoms with Gasteiger partial charge in [0.25, 0.3) is 5.91 Å². The minimum atomic E-state index is -0.883. The minimum absolute atomic E-state index is 0.245. The minimum Gasteiger partial charge on any atom is -0.378 e. The number of hydrogen-bond donors (Lipinski definition) is 2. The molecule has 1 heterocycles. The van der Waals surface area contributed by atoms with Crippen molar-refractivity contribution in [2.24, 2.45) is 5.73 Å². The summed E-state index contributed by atoms with van der Waals surface area (Å²) in [5.74, 6) is -1.07. The molecule has 110 valence electrons. The summed E-state index contributed by atoms with van der Waals surface area (Å²) in [6, 6.07) is 7.95. The van der Waals surface area contributed by atoms with Crippen molar-refractivity contribution in [3.63, 3.8) is 0 Å². The van der Waals surface area contributed by atoms with Crippen LogP contribution in [0.2, 0.25) is 0 Å². The van der Waals surface area contributed by atoms with Gasteiger partial charge in [-0.3, -0.25) is 9.59 Å². The lowest BCUT2D eigenvalue weighted by molar-refractivity contribution is -0.120. The van der Waals surface area contributed by atoms with Crippen LogP contribution in [0.3, 0.4) is 0 Å². The molecule has 0 bridgehead atoms. The summed E-state index contributed by atoms with van der Waals surface area (Å²) in [7, 11) is 1.56. The summed E-state index contributed by atoms with van der Waals surface area (Å²) in [6.07, 6.45) is 0. The maximum absolute atomic E-state index is 12.1. The van der Waals surface area contributed by atoms with E-state index in [4.69, 9.17) is 10.5 Å². The van der Waals surface area contributed by atoms with Crippen LogP contribution < -0.4 is 11.1 Å². The predicted molar refractivity (Wildman–Crippen MR) is 78.7 cm³/mol. The average Bonchev–Trinajstić information content (AvgIpc) is 2.94. The molecule has 1 aromatic carbocycles. The van der Waals surface area contributed by atoms with E-state index in [1.165, 1.54) is 11.3 Å². The van der Waals surface area contributed by atoms with E-state index in [9.17, 15) is 9.59 Å². The van der Waals surface area contributed by atoms with Gasteiger partial charge in [0.15, 0.2) is 0 Å². The molecule has 2 amide bonds. The number of nitrogens with zero attached hydrogens (tertiary/aromatic N) is 1. The fourth-order valence-corrected chi connectivity index (χ4v) is 2.52. The Kier molecular flexibility index (Phi) is 5.02. The lowest BCUT2D eigenvalue weighted by Gasteiger charge is -2.14. The fourth-order valence-electron chi connectivity index (χ4n) is 1.77. The predicted octanol–water partition coefficient (Wildman–Crippen LogP) is 1.25. The van der Waals surface area contributed by atoms with Crippen LogP contribution in [0, 0.1) is 0 Å². The Bertz CT molecular complexity index is 627. The van der Waals surface area contributed by atoms with E-state index >= 15 is 0 Å². The number of aromatic nitrogens is 1. The Hall–Kier alpha value is -2.25. The van der Waals surface area contributed by atoms with Crippen LogP contribution in [0.5, 0.6) is 0 Å². The topological polar surface area (TPSA) is 94.3 Å². The zero-order valence-corrected chi connectivity index (χ0v) is 12.2. The van der Waals surface area contributed by atoms with Crippen molar-refractivity contribution < 1.29 is 14.3 Å². The molecule has 2 aromatic rings. The molecule has 6 nitrogen and oxygen atoms in total. The van der Waals surface area contributed by atoms with Gasteiger partial charge >= 0.3 is 0 Å². The second kappa shape index (κ2) is 6.96. The Morgan fingerprint density at radius 2 is 2.10 bits per heavy atom. The molecule has 0 saturated carbocycles. The summed E-state index contributed by atoms with van der Waals surface area (Å²) in [6.45, 7) is 0.343. The van der Waals surface area contributed by atoms with Crippen LogP contribution >= 0.6 is 11.3 Å². The average molecular weight is 305 g/mol. The van der Waals surface area contributed by atoms with Gasteiger partial charge in [0, 0.05) is 12.5 Å². The highest BCUT2D eigenvalue weighted by atomic mass is 32.1. The zero-order chi connectivity index (χ0) is 15.2. The first kappa shape index (κ1) is 15.1.